The van der Waals surface area contributed by atoms with Crippen molar-refractivity contribution in [2.45, 2.75) is 49.7 Å². The minimum absolute atomic E-state index is 0. The van der Waals surface area contributed by atoms with Crippen LogP contribution in [0.5, 0.6) is 11.5 Å². The van der Waals surface area contributed by atoms with E-state index >= 15 is 0 Å². The molecule has 2 aromatic heterocycles. The monoisotopic (exact) mass is 413 g/mol. The number of pyridine rings is 1. The molecule has 8 heteroatoms. The van der Waals surface area contributed by atoms with Gasteiger partial charge >= 0.3 is 6.29 Å². The van der Waals surface area contributed by atoms with E-state index < -0.39 is 11.7 Å². The second-order valence-corrected chi connectivity index (χ2v) is 8.37. The number of nitrogens with one attached hydrogen (secondary N) is 2. The van der Waals surface area contributed by atoms with E-state index in [9.17, 15) is 13.6 Å². The highest BCUT2D eigenvalue weighted by molar-refractivity contribution is 6.01. The summed E-state index contributed by atoms with van der Waals surface area (Å²) < 4.78 is 35.6. The van der Waals surface area contributed by atoms with Gasteiger partial charge in [0.15, 0.2) is 11.5 Å². The number of aromatic amines is 1. The van der Waals surface area contributed by atoms with Crippen LogP contribution < -0.4 is 14.8 Å². The van der Waals surface area contributed by atoms with Crippen molar-refractivity contribution in [1.29, 1.82) is 0 Å². The summed E-state index contributed by atoms with van der Waals surface area (Å²) in [5.74, 6) is 0.789. The number of halogens is 2. The van der Waals surface area contributed by atoms with Crippen molar-refractivity contribution in [3.05, 3.63) is 47.8 Å². The zero-order valence-corrected chi connectivity index (χ0v) is 16.0. The second kappa shape index (κ2) is 5.93. The van der Waals surface area contributed by atoms with Gasteiger partial charge in [-0.3, -0.25) is 4.79 Å². The third kappa shape index (κ3) is 2.74. The average Bonchev–Trinajstić information content (AvgIpc) is 3.27. The number of carbonyl (C=O) groups excluding carboxylic acids is 1. The van der Waals surface area contributed by atoms with E-state index in [-0.39, 0.29) is 18.8 Å². The smallest absolute Gasteiger partial charge is 0.395 e. The Morgan fingerprint density at radius 2 is 1.97 bits per heavy atom. The van der Waals surface area contributed by atoms with Crippen LogP contribution in [0.2, 0.25) is 0 Å². The zero-order chi connectivity index (χ0) is 20.5. The molecule has 2 fully saturated rings. The van der Waals surface area contributed by atoms with E-state index in [0.29, 0.717) is 30.1 Å². The van der Waals surface area contributed by atoms with Gasteiger partial charge in [-0.15, -0.1) is 8.78 Å². The number of hydrogen-bond donors (Lipinski definition) is 2. The molecule has 0 radical (unpaired) electrons. The molecular weight excluding hydrogens is 392 g/mol. The highest BCUT2D eigenvalue weighted by atomic mass is 19.3. The number of hydrogen-bond acceptors (Lipinski definition) is 4. The van der Waals surface area contributed by atoms with Crippen molar-refractivity contribution < 1.29 is 24.5 Å². The maximum atomic E-state index is 13.3. The lowest BCUT2D eigenvalue weighted by Gasteiger charge is -2.23. The molecule has 0 saturated heterocycles. The molecule has 3 aromatic rings. The van der Waals surface area contributed by atoms with Gasteiger partial charge in [0.1, 0.15) is 5.82 Å². The van der Waals surface area contributed by atoms with Crippen LogP contribution in [0.1, 0.15) is 50.7 Å². The predicted molar refractivity (Wildman–Crippen MR) is 107 cm³/mol. The van der Waals surface area contributed by atoms with Crippen molar-refractivity contribution in [2.24, 2.45) is 0 Å². The largest absolute Gasteiger partial charge is 0.586 e. The SMILES string of the molecule is O=C(Nc1cc2cc(C3CCC3)[nH]c2cn1)C1(c2ccc3c(c2)OC(F)(F)O3)CC1.[HH]. The molecule has 156 valence electrons. The number of ether oxygens (including phenoxy) is 2. The summed E-state index contributed by atoms with van der Waals surface area (Å²) in [4.78, 5) is 20.8. The van der Waals surface area contributed by atoms with E-state index in [1.54, 1.807) is 12.3 Å². The van der Waals surface area contributed by atoms with E-state index in [1.165, 1.54) is 37.1 Å². The standard InChI is InChI=1S/C22H19F2N3O3.H2/c23-22(24)29-17-5-4-14(10-18(17)30-22)21(6-7-21)20(28)27-19-9-13-8-15(12-2-1-3-12)26-16(13)11-25-19;/h4-5,8-12,26H,1-3,6-7H2,(H,25,27,28);1H. The number of fused-ring (bicyclic) bond motifs is 2. The number of rotatable bonds is 4. The fourth-order valence-electron chi connectivity index (χ4n) is 4.32. The maximum Gasteiger partial charge on any atom is 0.586 e. The number of aromatic nitrogens is 2. The molecule has 0 atom stereocenters. The first-order valence-corrected chi connectivity index (χ1v) is 10.1. The Labute approximate surface area is 172 Å². The summed E-state index contributed by atoms with van der Waals surface area (Å²) in [5.41, 5.74) is 2.04. The van der Waals surface area contributed by atoms with Gasteiger partial charge in [0, 0.05) is 12.5 Å². The number of anilines is 1. The molecular formula is C22H21F2N3O3. The molecule has 0 bridgehead atoms. The second-order valence-electron chi connectivity index (χ2n) is 8.37. The van der Waals surface area contributed by atoms with Crippen molar-refractivity contribution in [3.63, 3.8) is 0 Å². The van der Waals surface area contributed by atoms with Crippen LogP contribution >= 0.6 is 0 Å². The molecule has 30 heavy (non-hydrogen) atoms. The van der Waals surface area contributed by atoms with Crippen molar-refractivity contribution in [2.75, 3.05) is 5.32 Å². The van der Waals surface area contributed by atoms with Crippen LogP contribution in [-0.2, 0) is 10.2 Å². The Kier molecular flexibility index (Phi) is 3.50. The first kappa shape index (κ1) is 17.7. The first-order chi connectivity index (χ1) is 14.4. The Balaban J connectivity index is 0.00000204. The molecule has 1 aromatic carbocycles. The van der Waals surface area contributed by atoms with E-state index in [0.717, 1.165) is 10.9 Å². The third-order valence-electron chi connectivity index (χ3n) is 6.45. The first-order valence-electron chi connectivity index (χ1n) is 10.1. The Morgan fingerprint density at radius 1 is 1.17 bits per heavy atom. The van der Waals surface area contributed by atoms with Crippen LogP contribution in [0.15, 0.2) is 36.5 Å². The Bertz CT molecular complexity index is 1190. The quantitative estimate of drug-likeness (QED) is 0.626. The molecule has 0 spiro atoms. The van der Waals surface area contributed by atoms with Gasteiger partial charge in [0.2, 0.25) is 5.91 Å². The normalized spacial score (nSPS) is 20.7. The van der Waals surface area contributed by atoms with Crippen molar-refractivity contribution in [3.8, 4) is 11.5 Å². The fourth-order valence-corrected chi connectivity index (χ4v) is 4.32. The Morgan fingerprint density at radius 3 is 2.70 bits per heavy atom. The Hall–Kier alpha value is -3.16. The number of alkyl halides is 2. The minimum atomic E-state index is -3.67. The molecule has 2 N–H and O–H groups in total. The summed E-state index contributed by atoms with van der Waals surface area (Å²) in [5, 5.41) is 3.91. The number of carbonyl (C=O) groups is 1. The molecule has 2 aliphatic carbocycles. The van der Waals surface area contributed by atoms with E-state index in [1.807, 2.05) is 6.07 Å². The number of benzene rings is 1. The highest BCUT2D eigenvalue weighted by Gasteiger charge is 2.53. The summed E-state index contributed by atoms with van der Waals surface area (Å²) in [6, 6.07) is 8.52. The van der Waals surface area contributed by atoms with Gasteiger partial charge < -0.3 is 19.8 Å². The van der Waals surface area contributed by atoms with Crippen LogP contribution in [0.4, 0.5) is 14.6 Å². The van der Waals surface area contributed by atoms with Crippen molar-refractivity contribution in [1.82, 2.24) is 9.97 Å². The molecule has 6 rings (SSSR count). The molecule has 3 aliphatic rings. The molecule has 1 aliphatic heterocycles. The lowest BCUT2D eigenvalue weighted by atomic mass is 9.83. The fraction of sp³-hybridized carbons (Fsp3) is 0.364. The van der Waals surface area contributed by atoms with E-state index in [2.05, 4.69) is 30.8 Å². The van der Waals surface area contributed by atoms with Crippen LogP contribution in [0.3, 0.4) is 0 Å². The van der Waals surface area contributed by atoms with E-state index in [4.69, 9.17) is 0 Å². The summed E-state index contributed by atoms with van der Waals surface area (Å²) in [6.07, 6.45) is 2.99. The van der Waals surface area contributed by atoms with Crippen LogP contribution in [0.25, 0.3) is 10.9 Å². The van der Waals surface area contributed by atoms with Gasteiger partial charge in [-0.05, 0) is 61.4 Å². The van der Waals surface area contributed by atoms with Gasteiger partial charge in [0.05, 0.1) is 17.1 Å². The predicted octanol–water partition coefficient (Wildman–Crippen LogP) is 5.07. The maximum absolute atomic E-state index is 13.3. The lowest BCUT2D eigenvalue weighted by molar-refractivity contribution is -0.286. The minimum Gasteiger partial charge on any atom is -0.395 e. The zero-order valence-electron chi connectivity index (χ0n) is 16.0. The summed E-state index contributed by atoms with van der Waals surface area (Å²) >= 11 is 0. The third-order valence-corrected chi connectivity index (χ3v) is 6.45. The molecule has 3 heterocycles. The molecule has 6 nitrogen and oxygen atoms in total. The van der Waals surface area contributed by atoms with Crippen LogP contribution in [-0.4, -0.2) is 22.2 Å². The van der Waals surface area contributed by atoms with Gasteiger partial charge in [-0.1, -0.05) is 12.5 Å². The van der Waals surface area contributed by atoms with Gasteiger partial charge in [-0.2, -0.15) is 0 Å². The molecule has 1 amide bonds. The number of nitrogens with zero attached hydrogens (tertiary/aromatic N) is 1. The molecule has 2 saturated carbocycles. The van der Waals surface area contributed by atoms with Crippen molar-refractivity contribution >= 4 is 22.6 Å². The topological polar surface area (TPSA) is 76.2 Å². The summed E-state index contributed by atoms with van der Waals surface area (Å²) in [7, 11) is 0. The van der Waals surface area contributed by atoms with Crippen LogP contribution in [0, 0.1) is 0 Å². The number of amides is 1. The number of H-pyrrole nitrogens is 1. The lowest BCUT2D eigenvalue weighted by Crippen LogP contribution is -2.28. The van der Waals surface area contributed by atoms with Gasteiger partial charge in [0.25, 0.3) is 0 Å². The highest BCUT2D eigenvalue weighted by Crippen LogP contribution is 2.52. The molecule has 0 unspecified atom stereocenters. The average molecular weight is 413 g/mol. The summed E-state index contributed by atoms with van der Waals surface area (Å²) in [6.45, 7) is 0. The van der Waals surface area contributed by atoms with Gasteiger partial charge in [-0.25, -0.2) is 4.98 Å².